The highest BCUT2D eigenvalue weighted by Crippen LogP contribution is 2.26. The molecule has 0 atom stereocenters. The zero-order chi connectivity index (χ0) is 15.6. The number of hydrogen-bond donors (Lipinski definition) is 0. The minimum atomic E-state index is -0.103. The van der Waals surface area contributed by atoms with E-state index in [1.54, 1.807) is 4.90 Å². The van der Waals surface area contributed by atoms with Crippen LogP contribution in [0.2, 0.25) is 0 Å². The Morgan fingerprint density at radius 1 is 1.38 bits per heavy atom. The van der Waals surface area contributed by atoms with Gasteiger partial charge in [0.15, 0.2) is 0 Å². The second kappa shape index (κ2) is 6.12. The van der Waals surface area contributed by atoms with Gasteiger partial charge in [0.05, 0.1) is 5.92 Å². The Bertz CT molecular complexity index is 574. The van der Waals surface area contributed by atoms with Crippen LogP contribution >= 0.6 is 0 Å². The molecule has 112 valence electrons. The van der Waals surface area contributed by atoms with Gasteiger partial charge in [-0.1, -0.05) is 18.7 Å². The van der Waals surface area contributed by atoms with Crippen molar-refractivity contribution in [3.05, 3.63) is 42.0 Å². The summed E-state index contributed by atoms with van der Waals surface area (Å²) in [6, 6.07) is 6.00. The van der Waals surface area contributed by atoms with Gasteiger partial charge in [-0.3, -0.25) is 9.59 Å². The van der Waals surface area contributed by atoms with Crippen molar-refractivity contribution in [2.45, 2.75) is 20.8 Å². The lowest BCUT2D eigenvalue weighted by atomic mass is 9.97. The van der Waals surface area contributed by atoms with E-state index in [1.807, 2.05) is 43.9 Å². The van der Waals surface area contributed by atoms with E-state index in [0.29, 0.717) is 19.6 Å². The first-order valence-corrected chi connectivity index (χ1v) is 7.28. The number of anilines is 1. The van der Waals surface area contributed by atoms with Crippen molar-refractivity contribution in [2.24, 2.45) is 5.92 Å². The summed E-state index contributed by atoms with van der Waals surface area (Å²) in [7, 11) is 0. The van der Waals surface area contributed by atoms with Gasteiger partial charge in [-0.2, -0.15) is 0 Å². The zero-order valence-corrected chi connectivity index (χ0v) is 12.9. The molecular weight excluding hydrogens is 264 g/mol. The summed E-state index contributed by atoms with van der Waals surface area (Å²) >= 11 is 0. The molecule has 1 fully saturated rings. The lowest BCUT2D eigenvalue weighted by molar-refractivity contribution is -0.138. The molecule has 0 aromatic heterocycles. The average molecular weight is 286 g/mol. The molecule has 2 amide bonds. The van der Waals surface area contributed by atoms with Gasteiger partial charge in [-0.15, -0.1) is 0 Å². The maximum absolute atomic E-state index is 12.6. The zero-order valence-electron chi connectivity index (χ0n) is 12.9. The van der Waals surface area contributed by atoms with E-state index in [2.05, 4.69) is 6.58 Å². The predicted octanol–water partition coefficient (Wildman–Crippen LogP) is 2.30. The van der Waals surface area contributed by atoms with Gasteiger partial charge in [-0.05, 0) is 44.0 Å². The SMILES string of the molecule is C=CC(=O)N1CC(C(=O)N(CC)c2cccc(C)c2C)C1. The van der Waals surface area contributed by atoms with Gasteiger partial charge >= 0.3 is 0 Å². The molecule has 0 radical (unpaired) electrons. The Morgan fingerprint density at radius 3 is 2.62 bits per heavy atom. The first-order valence-electron chi connectivity index (χ1n) is 7.28. The number of carbonyl (C=O) groups is 2. The summed E-state index contributed by atoms with van der Waals surface area (Å²) in [6.45, 7) is 11.1. The Labute approximate surface area is 126 Å². The van der Waals surface area contributed by atoms with E-state index in [0.717, 1.165) is 11.3 Å². The minimum Gasteiger partial charge on any atom is -0.337 e. The summed E-state index contributed by atoms with van der Waals surface area (Å²) in [5.41, 5.74) is 3.28. The fourth-order valence-electron chi connectivity index (χ4n) is 2.64. The molecule has 0 unspecified atom stereocenters. The monoisotopic (exact) mass is 286 g/mol. The second-order valence-corrected chi connectivity index (χ2v) is 5.45. The van der Waals surface area contributed by atoms with E-state index < -0.39 is 0 Å². The van der Waals surface area contributed by atoms with Gasteiger partial charge in [-0.25, -0.2) is 0 Å². The molecule has 1 aliphatic heterocycles. The lowest BCUT2D eigenvalue weighted by Crippen LogP contribution is -2.56. The molecule has 1 saturated heterocycles. The van der Waals surface area contributed by atoms with Crippen molar-refractivity contribution >= 4 is 17.5 Å². The van der Waals surface area contributed by atoms with Gasteiger partial charge in [0.1, 0.15) is 0 Å². The van der Waals surface area contributed by atoms with Crippen LogP contribution in [-0.4, -0.2) is 36.3 Å². The van der Waals surface area contributed by atoms with Crippen LogP contribution in [-0.2, 0) is 9.59 Å². The van der Waals surface area contributed by atoms with E-state index in [-0.39, 0.29) is 17.7 Å². The van der Waals surface area contributed by atoms with E-state index >= 15 is 0 Å². The smallest absolute Gasteiger partial charge is 0.246 e. The molecule has 21 heavy (non-hydrogen) atoms. The fraction of sp³-hybridized carbons (Fsp3) is 0.412. The van der Waals surface area contributed by atoms with Crippen molar-refractivity contribution in [1.82, 2.24) is 4.90 Å². The summed E-state index contributed by atoms with van der Waals surface area (Å²) in [4.78, 5) is 27.6. The standard InChI is InChI=1S/C17H22N2O2/c1-5-16(20)18-10-14(11-18)17(21)19(6-2)15-9-7-8-12(3)13(15)4/h5,7-9,14H,1,6,10-11H2,2-4H3. The normalized spacial score (nSPS) is 14.5. The van der Waals surface area contributed by atoms with Crippen LogP contribution in [0.25, 0.3) is 0 Å². The molecule has 0 saturated carbocycles. The maximum atomic E-state index is 12.6. The number of rotatable bonds is 4. The molecule has 0 N–H and O–H groups in total. The third-order valence-corrected chi connectivity index (χ3v) is 4.17. The van der Waals surface area contributed by atoms with Crippen molar-refractivity contribution < 1.29 is 9.59 Å². The van der Waals surface area contributed by atoms with Crippen LogP contribution in [0.5, 0.6) is 0 Å². The topological polar surface area (TPSA) is 40.6 Å². The van der Waals surface area contributed by atoms with Crippen LogP contribution < -0.4 is 4.90 Å². The number of aryl methyl sites for hydroxylation is 1. The van der Waals surface area contributed by atoms with E-state index in [1.165, 1.54) is 11.6 Å². The first kappa shape index (κ1) is 15.3. The van der Waals surface area contributed by atoms with Crippen LogP contribution in [0.4, 0.5) is 5.69 Å². The molecule has 0 aliphatic carbocycles. The minimum absolute atomic E-state index is 0.0966. The van der Waals surface area contributed by atoms with E-state index in [9.17, 15) is 9.59 Å². The summed E-state index contributed by atoms with van der Waals surface area (Å²) in [5.74, 6) is -0.109. The Hall–Kier alpha value is -2.10. The molecular formula is C17H22N2O2. The summed E-state index contributed by atoms with van der Waals surface area (Å²) < 4.78 is 0. The van der Waals surface area contributed by atoms with Crippen molar-refractivity contribution in [2.75, 3.05) is 24.5 Å². The van der Waals surface area contributed by atoms with Crippen LogP contribution in [0.1, 0.15) is 18.1 Å². The lowest BCUT2D eigenvalue weighted by Gasteiger charge is -2.40. The number of carbonyl (C=O) groups excluding carboxylic acids is 2. The number of likely N-dealkylation sites (tertiary alicyclic amines) is 1. The number of amides is 2. The Kier molecular flexibility index (Phi) is 4.46. The van der Waals surface area contributed by atoms with Crippen LogP contribution in [0, 0.1) is 19.8 Å². The van der Waals surface area contributed by atoms with Crippen LogP contribution in [0.3, 0.4) is 0 Å². The van der Waals surface area contributed by atoms with Crippen molar-refractivity contribution in [1.29, 1.82) is 0 Å². The Balaban J connectivity index is 2.12. The highest BCUT2D eigenvalue weighted by molar-refractivity contribution is 5.98. The van der Waals surface area contributed by atoms with Gasteiger partial charge < -0.3 is 9.80 Å². The van der Waals surface area contributed by atoms with Gasteiger partial charge in [0.25, 0.3) is 0 Å². The number of nitrogens with zero attached hydrogens (tertiary/aromatic N) is 2. The molecule has 4 nitrogen and oxygen atoms in total. The molecule has 1 aromatic rings. The molecule has 1 heterocycles. The second-order valence-electron chi connectivity index (χ2n) is 5.45. The number of hydrogen-bond acceptors (Lipinski definition) is 2. The molecule has 2 rings (SSSR count). The highest BCUT2D eigenvalue weighted by atomic mass is 16.2. The van der Waals surface area contributed by atoms with Crippen LogP contribution in [0.15, 0.2) is 30.9 Å². The molecule has 0 bridgehead atoms. The summed E-state index contributed by atoms with van der Waals surface area (Å²) in [5, 5.41) is 0. The highest BCUT2D eigenvalue weighted by Gasteiger charge is 2.37. The molecule has 1 aromatic carbocycles. The quantitative estimate of drug-likeness (QED) is 0.797. The third-order valence-electron chi connectivity index (χ3n) is 4.17. The number of benzene rings is 1. The molecule has 1 aliphatic rings. The van der Waals surface area contributed by atoms with Gasteiger partial charge in [0, 0.05) is 25.3 Å². The van der Waals surface area contributed by atoms with Gasteiger partial charge in [0.2, 0.25) is 11.8 Å². The Morgan fingerprint density at radius 2 is 2.05 bits per heavy atom. The third kappa shape index (κ3) is 2.84. The van der Waals surface area contributed by atoms with Crippen molar-refractivity contribution in [3.8, 4) is 0 Å². The summed E-state index contributed by atoms with van der Waals surface area (Å²) in [6.07, 6.45) is 1.29. The average Bonchev–Trinajstić information content (AvgIpc) is 2.42. The fourth-order valence-corrected chi connectivity index (χ4v) is 2.64. The first-order chi connectivity index (χ1) is 9.99. The maximum Gasteiger partial charge on any atom is 0.246 e. The predicted molar refractivity (Wildman–Crippen MR) is 84.2 cm³/mol. The van der Waals surface area contributed by atoms with Crippen molar-refractivity contribution in [3.63, 3.8) is 0 Å². The largest absolute Gasteiger partial charge is 0.337 e. The van der Waals surface area contributed by atoms with E-state index in [4.69, 9.17) is 0 Å². The molecule has 4 heteroatoms. The molecule has 0 spiro atoms.